The quantitative estimate of drug-likeness (QED) is 0.684. The Morgan fingerprint density at radius 1 is 1.53 bits per heavy atom. The van der Waals surface area contributed by atoms with Gasteiger partial charge in [-0.25, -0.2) is 9.50 Å². The lowest BCUT2D eigenvalue weighted by atomic mass is 10.5. The maximum atomic E-state index is 4.95. The van der Waals surface area contributed by atoms with Gasteiger partial charge in [-0.1, -0.05) is 0 Å². The molecule has 15 heavy (non-hydrogen) atoms. The number of anilines is 1. The minimum absolute atomic E-state index is 0.667. The number of fused-ring (bicyclic) bond motifs is 1. The van der Waals surface area contributed by atoms with E-state index in [9.17, 15) is 0 Å². The van der Waals surface area contributed by atoms with E-state index in [2.05, 4.69) is 38.0 Å². The second-order valence-corrected chi connectivity index (χ2v) is 4.09. The molecule has 2 rings (SSSR count). The predicted molar refractivity (Wildman–Crippen MR) is 66.1 cm³/mol. The first-order valence-corrected chi connectivity index (χ1v) is 5.62. The molecule has 2 heterocycles. The van der Waals surface area contributed by atoms with E-state index in [1.165, 1.54) is 0 Å². The Morgan fingerprint density at radius 2 is 2.40 bits per heavy atom. The number of imidazole rings is 1. The maximum absolute atomic E-state index is 4.95. The Bertz CT molecular complexity index is 456. The van der Waals surface area contributed by atoms with Crippen LogP contribution in [0.4, 0.5) is 5.82 Å². The highest BCUT2D eigenvalue weighted by Gasteiger charge is 2.01. The van der Waals surface area contributed by atoms with Gasteiger partial charge in [-0.3, -0.25) is 0 Å². The molecule has 2 aromatic rings. The number of nitrogens with zero attached hydrogens (tertiary/aromatic N) is 3. The summed E-state index contributed by atoms with van der Waals surface area (Å²) in [5.74, 6) is 0.829. The number of rotatable bonds is 4. The molecule has 0 atom stereocenters. The Kier molecular flexibility index (Phi) is 3.37. The van der Waals surface area contributed by atoms with E-state index in [0.717, 1.165) is 21.7 Å². The number of hydrogen-bond acceptors (Lipinski definition) is 4. The zero-order chi connectivity index (χ0) is 10.7. The maximum Gasteiger partial charge on any atom is 0.154 e. The minimum Gasteiger partial charge on any atom is -0.383 e. The van der Waals surface area contributed by atoms with Crippen LogP contribution >= 0.6 is 22.6 Å². The van der Waals surface area contributed by atoms with E-state index in [-0.39, 0.29) is 0 Å². The van der Waals surface area contributed by atoms with Crippen molar-refractivity contribution in [2.45, 2.75) is 0 Å². The molecule has 0 bridgehead atoms. The Hall–Kier alpha value is -0.890. The number of nitrogens with one attached hydrogen (secondary N) is 1. The topological polar surface area (TPSA) is 51.5 Å². The van der Waals surface area contributed by atoms with Gasteiger partial charge in [0, 0.05) is 13.7 Å². The van der Waals surface area contributed by atoms with Crippen LogP contribution in [0.5, 0.6) is 0 Å². The van der Waals surface area contributed by atoms with Crippen molar-refractivity contribution >= 4 is 34.1 Å². The number of halogens is 1. The fourth-order valence-electron chi connectivity index (χ4n) is 1.22. The Balaban J connectivity index is 2.18. The molecule has 0 saturated carbocycles. The van der Waals surface area contributed by atoms with Crippen LogP contribution in [-0.2, 0) is 4.74 Å². The second kappa shape index (κ2) is 4.75. The average molecular weight is 318 g/mol. The van der Waals surface area contributed by atoms with E-state index in [1.807, 2.05) is 12.1 Å². The molecule has 80 valence electrons. The third-order valence-corrected chi connectivity index (χ3v) is 2.67. The molecule has 5 nitrogen and oxygen atoms in total. The van der Waals surface area contributed by atoms with Crippen molar-refractivity contribution in [1.82, 2.24) is 14.6 Å². The molecule has 0 fully saturated rings. The summed E-state index contributed by atoms with van der Waals surface area (Å²) in [6.45, 7) is 1.42. The molecule has 0 aliphatic rings. The molecule has 6 heteroatoms. The lowest BCUT2D eigenvalue weighted by molar-refractivity contribution is 0.210. The summed E-state index contributed by atoms with van der Waals surface area (Å²) in [5.41, 5.74) is 0.858. The van der Waals surface area contributed by atoms with Gasteiger partial charge in [0.15, 0.2) is 5.65 Å². The predicted octanol–water partition coefficient (Wildman–Crippen LogP) is 1.39. The number of methoxy groups -OCH3 is 1. The SMILES string of the molecule is COCCNc1ccc2ncc(I)n2n1. The van der Waals surface area contributed by atoms with Gasteiger partial charge in [0.2, 0.25) is 0 Å². The summed E-state index contributed by atoms with van der Waals surface area (Å²) < 4.78 is 7.75. The standard InChI is InChI=1S/C9H11IN4O/c1-15-5-4-11-8-2-3-9-12-6-7(10)14(9)13-8/h2-3,6H,4-5H2,1H3,(H,11,13). The molecule has 0 aliphatic carbocycles. The van der Waals surface area contributed by atoms with E-state index in [0.29, 0.717) is 6.61 Å². The molecule has 0 saturated heterocycles. The van der Waals surface area contributed by atoms with E-state index >= 15 is 0 Å². The summed E-state index contributed by atoms with van der Waals surface area (Å²) >= 11 is 2.20. The van der Waals surface area contributed by atoms with Crippen molar-refractivity contribution in [3.05, 3.63) is 22.0 Å². The second-order valence-electron chi connectivity index (χ2n) is 2.99. The van der Waals surface area contributed by atoms with Crippen molar-refractivity contribution in [2.24, 2.45) is 0 Å². The van der Waals surface area contributed by atoms with Gasteiger partial charge in [-0.15, -0.1) is 5.10 Å². The molecular weight excluding hydrogens is 307 g/mol. The van der Waals surface area contributed by atoms with Crippen LogP contribution in [0.3, 0.4) is 0 Å². The first kappa shape index (κ1) is 10.6. The van der Waals surface area contributed by atoms with Crippen LogP contribution < -0.4 is 5.32 Å². The van der Waals surface area contributed by atoms with E-state index in [1.54, 1.807) is 17.8 Å². The fraction of sp³-hybridized carbons (Fsp3) is 0.333. The van der Waals surface area contributed by atoms with Gasteiger partial charge >= 0.3 is 0 Å². The van der Waals surface area contributed by atoms with Gasteiger partial charge in [-0.2, -0.15) is 0 Å². The van der Waals surface area contributed by atoms with Crippen molar-refractivity contribution < 1.29 is 4.74 Å². The Labute approximate surface area is 101 Å². The van der Waals surface area contributed by atoms with Gasteiger partial charge in [0.25, 0.3) is 0 Å². The fourth-order valence-corrected chi connectivity index (χ4v) is 1.72. The minimum atomic E-state index is 0.667. The zero-order valence-corrected chi connectivity index (χ0v) is 10.4. The highest BCUT2D eigenvalue weighted by molar-refractivity contribution is 14.1. The van der Waals surface area contributed by atoms with Crippen LogP contribution in [0.25, 0.3) is 5.65 Å². The molecular formula is C9H11IN4O. The Morgan fingerprint density at radius 3 is 3.20 bits per heavy atom. The van der Waals surface area contributed by atoms with Crippen molar-refractivity contribution in [2.75, 3.05) is 25.6 Å². The smallest absolute Gasteiger partial charge is 0.154 e. The highest BCUT2D eigenvalue weighted by Crippen LogP contribution is 2.10. The summed E-state index contributed by atoms with van der Waals surface area (Å²) in [6, 6.07) is 3.85. The van der Waals surface area contributed by atoms with Crippen molar-refractivity contribution in [3.63, 3.8) is 0 Å². The molecule has 0 aliphatic heterocycles. The lowest BCUT2D eigenvalue weighted by Gasteiger charge is -2.04. The third kappa shape index (κ3) is 2.37. The average Bonchev–Trinajstić information content (AvgIpc) is 2.61. The van der Waals surface area contributed by atoms with Gasteiger partial charge < -0.3 is 10.1 Å². The van der Waals surface area contributed by atoms with Crippen molar-refractivity contribution in [1.29, 1.82) is 0 Å². The summed E-state index contributed by atoms with van der Waals surface area (Å²) in [4.78, 5) is 4.20. The highest BCUT2D eigenvalue weighted by atomic mass is 127. The zero-order valence-electron chi connectivity index (χ0n) is 8.27. The van der Waals surface area contributed by atoms with Gasteiger partial charge in [-0.05, 0) is 34.7 Å². The van der Waals surface area contributed by atoms with Crippen LogP contribution in [0.2, 0.25) is 0 Å². The number of aromatic nitrogens is 3. The molecule has 0 radical (unpaired) electrons. The molecule has 0 spiro atoms. The van der Waals surface area contributed by atoms with Gasteiger partial charge in [0.05, 0.1) is 12.8 Å². The summed E-state index contributed by atoms with van der Waals surface area (Å²) in [5, 5.41) is 7.55. The third-order valence-electron chi connectivity index (χ3n) is 1.93. The van der Waals surface area contributed by atoms with Gasteiger partial charge in [0.1, 0.15) is 9.52 Å². The van der Waals surface area contributed by atoms with E-state index < -0.39 is 0 Å². The van der Waals surface area contributed by atoms with Crippen molar-refractivity contribution in [3.8, 4) is 0 Å². The van der Waals surface area contributed by atoms with Crippen LogP contribution in [-0.4, -0.2) is 34.9 Å². The largest absolute Gasteiger partial charge is 0.383 e. The molecule has 0 unspecified atom stereocenters. The monoisotopic (exact) mass is 318 g/mol. The number of hydrogen-bond donors (Lipinski definition) is 1. The lowest BCUT2D eigenvalue weighted by Crippen LogP contribution is -2.10. The normalized spacial score (nSPS) is 10.8. The molecule has 1 N–H and O–H groups in total. The first-order chi connectivity index (χ1) is 7.31. The number of ether oxygens (including phenoxy) is 1. The molecule has 0 aromatic carbocycles. The van der Waals surface area contributed by atoms with Crippen LogP contribution in [0.15, 0.2) is 18.3 Å². The molecule has 2 aromatic heterocycles. The van der Waals surface area contributed by atoms with Crippen LogP contribution in [0.1, 0.15) is 0 Å². The molecule has 0 amide bonds. The van der Waals surface area contributed by atoms with Crippen LogP contribution in [0, 0.1) is 3.70 Å². The summed E-state index contributed by atoms with van der Waals surface area (Å²) in [7, 11) is 1.68. The van der Waals surface area contributed by atoms with E-state index in [4.69, 9.17) is 4.74 Å². The summed E-state index contributed by atoms with van der Waals surface area (Å²) in [6.07, 6.45) is 1.79. The first-order valence-electron chi connectivity index (χ1n) is 4.54.